The summed E-state index contributed by atoms with van der Waals surface area (Å²) in [6.07, 6.45) is 0. The minimum atomic E-state index is -0.994. The van der Waals surface area contributed by atoms with Crippen LogP contribution in [-0.4, -0.2) is 11.1 Å². The quantitative estimate of drug-likeness (QED) is 0.829. The van der Waals surface area contributed by atoms with Crippen molar-refractivity contribution in [1.29, 1.82) is 0 Å². The Morgan fingerprint density at radius 2 is 1.83 bits per heavy atom. The predicted octanol–water partition coefficient (Wildman–Crippen LogP) is 3.43. The van der Waals surface area contributed by atoms with Crippen LogP contribution < -0.4 is 5.73 Å². The van der Waals surface area contributed by atoms with E-state index in [1.54, 1.807) is 6.07 Å². The summed E-state index contributed by atoms with van der Waals surface area (Å²) in [6, 6.07) is 13.3. The molecule has 0 atom stereocenters. The molecule has 92 valence electrons. The van der Waals surface area contributed by atoms with Gasteiger partial charge in [-0.1, -0.05) is 30.0 Å². The van der Waals surface area contributed by atoms with E-state index in [0.29, 0.717) is 5.69 Å². The van der Waals surface area contributed by atoms with Crippen molar-refractivity contribution in [2.75, 3.05) is 5.73 Å². The summed E-state index contributed by atoms with van der Waals surface area (Å²) < 4.78 is 0. The number of carbonyl (C=O) groups is 1. The summed E-state index contributed by atoms with van der Waals surface area (Å²) in [4.78, 5) is 13.0. The van der Waals surface area contributed by atoms with E-state index in [1.165, 1.54) is 11.8 Å². The highest BCUT2D eigenvalue weighted by molar-refractivity contribution is 7.99. The smallest absolute Gasteiger partial charge is 0.337 e. The Morgan fingerprint density at radius 3 is 2.44 bits per heavy atom. The zero-order chi connectivity index (χ0) is 13.1. The second kappa shape index (κ2) is 5.14. The molecule has 0 saturated carbocycles. The van der Waals surface area contributed by atoms with Gasteiger partial charge >= 0.3 is 5.97 Å². The lowest BCUT2D eigenvalue weighted by Gasteiger charge is -2.08. The van der Waals surface area contributed by atoms with Gasteiger partial charge in [0, 0.05) is 15.5 Å². The van der Waals surface area contributed by atoms with Crippen molar-refractivity contribution < 1.29 is 9.90 Å². The van der Waals surface area contributed by atoms with E-state index >= 15 is 0 Å². The Hall–Kier alpha value is -1.94. The van der Waals surface area contributed by atoms with Gasteiger partial charge in [-0.15, -0.1) is 0 Å². The lowest BCUT2D eigenvalue weighted by atomic mass is 10.1. The van der Waals surface area contributed by atoms with Gasteiger partial charge in [-0.3, -0.25) is 0 Å². The first-order chi connectivity index (χ1) is 8.58. The number of anilines is 1. The third-order valence-corrected chi connectivity index (χ3v) is 3.55. The van der Waals surface area contributed by atoms with Crippen molar-refractivity contribution in [1.82, 2.24) is 0 Å². The summed E-state index contributed by atoms with van der Waals surface area (Å²) in [5, 5.41) is 9.09. The van der Waals surface area contributed by atoms with Crippen molar-refractivity contribution >= 4 is 23.4 Å². The summed E-state index contributed by atoms with van der Waals surface area (Å²) in [6.45, 7) is 1.82. The van der Waals surface area contributed by atoms with Gasteiger partial charge in [-0.2, -0.15) is 0 Å². The lowest BCUT2D eigenvalue weighted by molar-refractivity contribution is 0.0697. The number of carboxylic acid groups (broad SMARTS) is 1. The minimum Gasteiger partial charge on any atom is -0.478 e. The molecule has 3 N–H and O–H groups in total. The first-order valence-electron chi connectivity index (χ1n) is 5.44. The topological polar surface area (TPSA) is 63.3 Å². The van der Waals surface area contributed by atoms with Crippen LogP contribution in [0.2, 0.25) is 0 Å². The molecule has 2 aromatic rings. The van der Waals surface area contributed by atoms with E-state index < -0.39 is 5.97 Å². The van der Waals surface area contributed by atoms with Crippen molar-refractivity contribution in [2.24, 2.45) is 0 Å². The molecule has 0 aliphatic heterocycles. The molecule has 3 nitrogen and oxygen atoms in total. The number of rotatable bonds is 3. The number of aromatic carboxylic acids is 1. The van der Waals surface area contributed by atoms with Crippen LogP contribution in [0.3, 0.4) is 0 Å². The fraction of sp³-hybridized carbons (Fsp3) is 0.0714. The van der Waals surface area contributed by atoms with Crippen molar-refractivity contribution in [3.05, 3.63) is 53.6 Å². The summed E-state index contributed by atoms with van der Waals surface area (Å²) in [7, 11) is 0. The minimum absolute atomic E-state index is 0.161. The monoisotopic (exact) mass is 259 g/mol. The molecule has 2 aromatic carbocycles. The molecule has 4 heteroatoms. The number of carboxylic acids is 1. The van der Waals surface area contributed by atoms with Crippen LogP contribution in [0.4, 0.5) is 5.69 Å². The zero-order valence-corrected chi connectivity index (χ0v) is 10.7. The number of nitrogen functional groups attached to an aromatic ring is 1. The van der Waals surface area contributed by atoms with E-state index in [1.807, 2.05) is 43.3 Å². The number of nitrogens with two attached hydrogens (primary N) is 1. The second-order valence-corrected chi connectivity index (χ2v) is 5.07. The van der Waals surface area contributed by atoms with Gasteiger partial charge < -0.3 is 10.8 Å². The third kappa shape index (κ3) is 2.65. The fourth-order valence-electron chi connectivity index (χ4n) is 1.63. The van der Waals surface area contributed by atoms with Gasteiger partial charge in [0.15, 0.2) is 0 Å². The third-order valence-electron chi connectivity index (χ3n) is 2.57. The predicted molar refractivity (Wildman–Crippen MR) is 73.1 cm³/mol. The first kappa shape index (κ1) is 12.5. The van der Waals surface area contributed by atoms with Crippen LogP contribution in [0.15, 0.2) is 52.3 Å². The molecule has 0 unspecified atom stereocenters. The van der Waals surface area contributed by atoms with Crippen LogP contribution >= 0.6 is 11.8 Å². The van der Waals surface area contributed by atoms with Crippen LogP contribution in [0.1, 0.15) is 15.9 Å². The van der Waals surface area contributed by atoms with Gasteiger partial charge in [0.2, 0.25) is 0 Å². The number of hydrogen-bond donors (Lipinski definition) is 2. The van der Waals surface area contributed by atoms with Crippen molar-refractivity contribution in [2.45, 2.75) is 16.7 Å². The van der Waals surface area contributed by atoms with Crippen molar-refractivity contribution in [3.8, 4) is 0 Å². The highest BCUT2D eigenvalue weighted by Crippen LogP contribution is 2.31. The molecule has 0 fully saturated rings. The van der Waals surface area contributed by atoms with Crippen molar-refractivity contribution in [3.63, 3.8) is 0 Å². The Bertz CT molecular complexity index is 582. The maximum Gasteiger partial charge on any atom is 0.337 e. The average molecular weight is 259 g/mol. The van der Waals surface area contributed by atoms with Crippen LogP contribution in [-0.2, 0) is 0 Å². The van der Waals surface area contributed by atoms with E-state index in [4.69, 9.17) is 10.8 Å². The summed E-state index contributed by atoms with van der Waals surface area (Å²) >= 11 is 1.52. The van der Waals surface area contributed by atoms with Crippen LogP contribution in [0, 0.1) is 6.92 Å². The zero-order valence-electron chi connectivity index (χ0n) is 9.88. The molecule has 0 bridgehead atoms. The largest absolute Gasteiger partial charge is 0.478 e. The lowest BCUT2D eigenvalue weighted by Crippen LogP contribution is -2.04. The normalized spacial score (nSPS) is 10.3. The Morgan fingerprint density at radius 1 is 1.17 bits per heavy atom. The first-order valence-corrected chi connectivity index (χ1v) is 6.26. The van der Waals surface area contributed by atoms with Gasteiger partial charge in [-0.05, 0) is 36.8 Å². The molecule has 18 heavy (non-hydrogen) atoms. The molecule has 0 amide bonds. The van der Waals surface area contributed by atoms with E-state index in [9.17, 15) is 4.79 Å². The maximum atomic E-state index is 11.1. The molecule has 0 heterocycles. The van der Waals surface area contributed by atoms with Crippen LogP contribution in [0.25, 0.3) is 0 Å². The van der Waals surface area contributed by atoms with E-state index in [0.717, 1.165) is 15.4 Å². The van der Waals surface area contributed by atoms with Crippen LogP contribution in [0.5, 0.6) is 0 Å². The molecule has 0 radical (unpaired) electrons. The van der Waals surface area contributed by atoms with Gasteiger partial charge in [0.25, 0.3) is 0 Å². The fourth-order valence-corrected chi connectivity index (χ4v) is 2.60. The molecular formula is C14H13NO2S. The van der Waals surface area contributed by atoms with E-state index in [-0.39, 0.29) is 5.56 Å². The SMILES string of the molecule is Cc1cc(Sc2ccccc2)cc(C(=O)O)c1N. The highest BCUT2D eigenvalue weighted by atomic mass is 32.2. The molecule has 0 spiro atoms. The molecule has 0 saturated heterocycles. The summed E-state index contributed by atoms with van der Waals surface area (Å²) in [5.41, 5.74) is 7.04. The number of benzene rings is 2. The highest BCUT2D eigenvalue weighted by Gasteiger charge is 2.12. The Balaban J connectivity index is 2.38. The Kier molecular flexibility index (Phi) is 3.58. The number of aryl methyl sites for hydroxylation is 1. The second-order valence-electron chi connectivity index (χ2n) is 3.92. The standard InChI is InChI=1S/C14H13NO2S/c1-9-7-11(8-12(13(9)15)14(16)17)18-10-5-3-2-4-6-10/h2-8H,15H2,1H3,(H,16,17). The molecule has 0 aliphatic rings. The number of hydrogen-bond acceptors (Lipinski definition) is 3. The van der Waals surface area contributed by atoms with Gasteiger partial charge in [0.1, 0.15) is 0 Å². The van der Waals surface area contributed by atoms with E-state index in [2.05, 4.69) is 0 Å². The maximum absolute atomic E-state index is 11.1. The molecule has 0 aromatic heterocycles. The molecular weight excluding hydrogens is 246 g/mol. The Labute approximate surface area is 110 Å². The van der Waals surface area contributed by atoms with Gasteiger partial charge in [-0.25, -0.2) is 4.79 Å². The molecule has 0 aliphatic carbocycles. The van der Waals surface area contributed by atoms with Gasteiger partial charge in [0.05, 0.1) is 5.56 Å². The summed E-state index contributed by atoms with van der Waals surface area (Å²) in [5.74, 6) is -0.994. The molecule has 2 rings (SSSR count). The average Bonchev–Trinajstić information content (AvgIpc) is 2.34.